The molecule has 3 aromatic rings. The van der Waals surface area contributed by atoms with Crippen molar-refractivity contribution in [2.75, 3.05) is 31.1 Å². The van der Waals surface area contributed by atoms with Crippen molar-refractivity contribution in [2.45, 2.75) is 30.3 Å². The van der Waals surface area contributed by atoms with Crippen LogP contribution in [0.2, 0.25) is 0 Å². The van der Waals surface area contributed by atoms with Gasteiger partial charge in [0, 0.05) is 50.3 Å². The SMILES string of the molecule is NS(=O)(=O)c1ccc(CNC(=O)N2CCN(c3cc4c(cc3F)c(=O)c(C(=O)O)cn4C3CC3)CC2)cc1. The smallest absolute Gasteiger partial charge is 0.341 e. The minimum atomic E-state index is -3.79. The van der Waals surface area contributed by atoms with E-state index in [-0.39, 0.29) is 34.5 Å². The molecule has 2 aliphatic rings. The Morgan fingerprint density at radius 3 is 2.32 bits per heavy atom. The Labute approximate surface area is 217 Å². The monoisotopic (exact) mass is 543 g/mol. The van der Waals surface area contributed by atoms with E-state index in [1.807, 2.05) is 0 Å². The minimum absolute atomic E-state index is 0.0129. The molecule has 200 valence electrons. The number of carboxylic acids is 1. The first kappa shape index (κ1) is 25.7. The van der Waals surface area contributed by atoms with Crippen LogP contribution in [0.25, 0.3) is 10.9 Å². The Bertz CT molecular complexity index is 1590. The normalized spacial score (nSPS) is 16.1. The lowest BCUT2D eigenvalue weighted by Crippen LogP contribution is -2.51. The topological polar surface area (TPSA) is 155 Å². The first-order valence-electron chi connectivity index (χ1n) is 12.0. The van der Waals surface area contributed by atoms with Crippen molar-refractivity contribution in [3.63, 3.8) is 0 Å². The molecule has 1 saturated heterocycles. The van der Waals surface area contributed by atoms with Crippen LogP contribution >= 0.6 is 0 Å². The molecule has 0 unspecified atom stereocenters. The highest BCUT2D eigenvalue weighted by molar-refractivity contribution is 7.89. The zero-order valence-electron chi connectivity index (χ0n) is 20.3. The Morgan fingerprint density at radius 1 is 1.08 bits per heavy atom. The average Bonchev–Trinajstić information content (AvgIpc) is 3.72. The number of aromatic carboxylic acids is 1. The van der Waals surface area contributed by atoms with Crippen LogP contribution in [0, 0.1) is 5.82 Å². The van der Waals surface area contributed by atoms with Crippen molar-refractivity contribution in [3.8, 4) is 0 Å². The largest absolute Gasteiger partial charge is 0.477 e. The summed E-state index contributed by atoms with van der Waals surface area (Å²) in [7, 11) is -3.79. The average molecular weight is 544 g/mol. The number of hydrogen-bond acceptors (Lipinski definition) is 6. The van der Waals surface area contributed by atoms with Crippen LogP contribution in [0.3, 0.4) is 0 Å². The third-order valence-corrected chi connectivity index (χ3v) is 7.80. The third kappa shape index (κ3) is 5.07. The number of carbonyl (C=O) groups is 2. The fraction of sp³-hybridized carbons (Fsp3) is 0.320. The highest BCUT2D eigenvalue weighted by Gasteiger charge is 2.29. The van der Waals surface area contributed by atoms with Crippen molar-refractivity contribution in [1.82, 2.24) is 14.8 Å². The number of sulfonamides is 1. The van der Waals surface area contributed by atoms with Gasteiger partial charge in [0.15, 0.2) is 0 Å². The molecule has 1 aromatic heterocycles. The molecule has 0 atom stereocenters. The van der Waals surface area contributed by atoms with Crippen LogP contribution in [0.1, 0.15) is 34.8 Å². The maximum atomic E-state index is 15.2. The van der Waals surface area contributed by atoms with Crippen molar-refractivity contribution in [2.24, 2.45) is 5.14 Å². The van der Waals surface area contributed by atoms with Gasteiger partial charge in [0.05, 0.1) is 16.1 Å². The number of nitrogens with zero attached hydrogens (tertiary/aromatic N) is 3. The lowest BCUT2D eigenvalue weighted by Gasteiger charge is -2.36. The molecule has 2 amide bonds. The number of halogens is 1. The number of piperazine rings is 1. The zero-order valence-corrected chi connectivity index (χ0v) is 21.1. The summed E-state index contributed by atoms with van der Waals surface area (Å²) in [5, 5.41) is 17.3. The number of carbonyl (C=O) groups excluding carboxylic acids is 1. The molecule has 1 aliphatic carbocycles. The number of nitrogens with one attached hydrogen (secondary N) is 1. The number of aromatic nitrogens is 1. The van der Waals surface area contributed by atoms with E-state index in [1.165, 1.54) is 18.3 Å². The summed E-state index contributed by atoms with van der Waals surface area (Å²) in [5.41, 5.74) is 0.402. The number of benzene rings is 2. The minimum Gasteiger partial charge on any atom is -0.477 e. The van der Waals surface area contributed by atoms with E-state index in [1.54, 1.807) is 32.6 Å². The number of anilines is 1. The van der Waals surface area contributed by atoms with Gasteiger partial charge in [0.1, 0.15) is 11.4 Å². The van der Waals surface area contributed by atoms with E-state index in [0.29, 0.717) is 42.9 Å². The fourth-order valence-corrected chi connectivity index (χ4v) is 5.16. The molecule has 5 rings (SSSR count). The molecular weight excluding hydrogens is 517 g/mol. The summed E-state index contributed by atoms with van der Waals surface area (Å²) in [4.78, 5) is 40.3. The molecule has 2 fully saturated rings. The molecule has 38 heavy (non-hydrogen) atoms. The summed E-state index contributed by atoms with van der Waals surface area (Å²) in [6, 6.07) is 8.36. The van der Waals surface area contributed by atoms with Gasteiger partial charge in [-0.3, -0.25) is 4.79 Å². The summed E-state index contributed by atoms with van der Waals surface area (Å²) < 4.78 is 39.6. The first-order chi connectivity index (χ1) is 18.0. The number of rotatable bonds is 6. The first-order valence-corrected chi connectivity index (χ1v) is 13.6. The van der Waals surface area contributed by atoms with Gasteiger partial charge in [-0.2, -0.15) is 0 Å². The lowest BCUT2D eigenvalue weighted by atomic mass is 10.1. The molecule has 11 nitrogen and oxygen atoms in total. The number of amides is 2. The van der Waals surface area contributed by atoms with Gasteiger partial charge in [-0.15, -0.1) is 0 Å². The Morgan fingerprint density at radius 2 is 1.74 bits per heavy atom. The summed E-state index contributed by atoms with van der Waals surface area (Å²) in [5.74, 6) is -1.97. The van der Waals surface area contributed by atoms with E-state index < -0.39 is 27.2 Å². The number of hydrogen-bond donors (Lipinski definition) is 3. The maximum Gasteiger partial charge on any atom is 0.341 e. The van der Waals surface area contributed by atoms with Crippen LogP contribution in [0.4, 0.5) is 14.9 Å². The second kappa shape index (κ2) is 9.72. The van der Waals surface area contributed by atoms with Gasteiger partial charge >= 0.3 is 12.0 Å². The highest BCUT2D eigenvalue weighted by Crippen LogP contribution is 2.38. The van der Waals surface area contributed by atoms with Crippen molar-refractivity contribution in [3.05, 3.63) is 69.8 Å². The van der Waals surface area contributed by atoms with Crippen molar-refractivity contribution in [1.29, 1.82) is 0 Å². The predicted octanol–water partition coefficient (Wildman–Crippen LogP) is 1.85. The highest BCUT2D eigenvalue weighted by atomic mass is 32.2. The van der Waals surface area contributed by atoms with Crippen LogP contribution in [-0.2, 0) is 16.6 Å². The maximum absolute atomic E-state index is 15.2. The molecule has 2 aromatic carbocycles. The molecule has 2 heterocycles. The summed E-state index contributed by atoms with van der Waals surface area (Å²) >= 11 is 0. The van der Waals surface area contributed by atoms with E-state index in [9.17, 15) is 27.9 Å². The lowest BCUT2D eigenvalue weighted by molar-refractivity contribution is 0.0694. The molecule has 0 bridgehead atoms. The number of pyridine rings is 1. The van der Waals surface area contributed by atoms with Gasteiger partial charge in [0.2, 0.25) is 15.5 Å². The van der Waals surface area contributed by atoms with Gasteiger partial charge in [-0.1, -0.05) is 12.1 Å². The summed E-state index contributed by atoms with van der Waals surface area (Å²) in [6.45, 7) is 1.59. The number of primary sulfonamides is 1. The van der Waals surface area contributed by atoms with E-state index in [2.05, 4.69) is 5.32 Å². The van der Waals surface area contributed by atoms with Gasteiger partial charge in [0.25, 0.3) is 0 Å². The number of nitrogens with two attached hydrogens (primary N) is 1. The fourth-order valence-electron chi connectivity index (χ4n) is 4.65. The Kier molecular flexibility index (Phi) is 6.57. The van der Waals surface area contributed by atoms with Crippen LogP contribution < -0.4 is 20.8 Å². The predicted molar refractivity (Wildman–Crippen MR) is 137 cm³/mol. The molecule has 4 N–H and O–H groups in total. The molecule has 13 heteroatoms. The third-order valence-electron chi connectivity index (χ3n) is 6.87. The van der Waals surface area contributed by atoms with E-state index >= 15 is 4.39 Å². The van der Waals surface area contributed by atoms with E-state index in [4.69, 9.17) is 5.14 Å². The number of urea groups is 1. The molecule has 1 aliphatic heterocycles. The van der Waals surface area contributed by atoms with Crippen LogP contribution in [0.5, 0.6) is 0 Å². The van der Waals surface area contributed by atoms with Crippen molar-refractivity contribution >= 4 is 38.6 Å². The Hall–Kier alpha value is -3.97. The molecule has 1 saturated carbocycles. The number of fused-ring (bicyclic) bond motifs is 1. The molecule has 0 spiro atoms. The van der Waals surface area contributed by atoms with Gasteiger partial charge in [-0.25, -0.2) is 27.5 Å². The zero-order chi connectivity index (χ0) is 27.2. The van der Waals surface area contributed by atoms with E-state index in [0.717, 1.165) is 18.9 Å². The second-order valence-corrected chi connectivity index (χ2v) is 11.0. The van der Waals surface area contributed by atoms with Crippen LogP contribution in [0.15, 0.2) is 52.3 Å². The van der Waals surface area contributed by atoms with Crippen molar-refractivity contribution < 1.29 is 27.5 Å². The molecule has 0 radical (unpaired) electrons. The molecular formula is C25H26FN5O6S. The van der Waals surface area contributed by atoms with Gasteiger partial charge < -0.3 is 24.8 Å². The van der Waals surface area contributed by atoms with Crippen LogP contribution in [-0.4, -0.2) is 61.2 Å². The summed E-state index contributed by atoms with van der Waals surface area (Å²) in [6.07, 6.45) is 3.05. The standard InChI is InChI=1S/C25H26FN5O6S/c26-20-11-18-21(31(16-3-4-16)14-19(23(18)32)24(33)34)12-22(20)29-7-9-30(10-8-29)25(35)28-13-15-1-5-17(6-2-15)38(27,36)37/h1-2,5-6,11-12,14,16H,3-4,7-10,13H2,(H,28,35)(H,33,34)(H2,27,36,37). The number of carboxylic acid groups (broad SMARTS) is 1. The van der Waals surface area contributed by atoms with Gasteiger partial charge in [-0.05, 0) is 42.7 Å². The second-order valence-electron chi connectivity index (χ2n) is 9.46. The quantitative estimate of drug-likeness (QED) is 0.429. The Balaban J connectivity index is 1.27.